The maximum atomic E-state index is 12.6. The van der Waals surface area contributed by atoms with Crippen molar-refractivity contribution in [1.29, 1.82) is 0 Å². The quantitative estimate of drug-likeness (QED) is 0.565. The number of nitrogens with one attached hydrogen (secondary N) is 1. The Bertz CT molecular complexity index is 806. The van der Waals surface area contributed by atoms with Crippen LogP contribution in [-0.4, -0.2) is 34.6 Å². The van der Waals surface area contributed by atoms with Gasteiger partial charge in [-0.15, -0.1) is 0 Å². The standard InChI is InChI=1S/C15H18N4O.ClH/c1-17(2)9-5-11-19-12-6-3-8-16-14(12)18-10-4-7-13(18)15(19)20;/h3-4,6-8,10H,5,9,11H2,1-2H3;1H. The summed E-state index contributed by atoms with van der Waals surface area (Å²) in [4.78, 5) is 18.4. The van der Waals surface area contributed by atoms with Crippen LogP contribution in [0.5, 0.6) is 0 Å². The van der Waals surface area contributed by atoms with Gasteiger partial charge in [0.05, 0.1) is 26.2 Å². The van der Waals surface area contributed by atoms with E-state index in [1.807, 2.05) is 39.4 Å². The molecule has 0 aliphatic rings. The molecule has 112 valence electrons. The lowest BCUT2D eigenvalue weighted by atomic mass is 10.3. The number of hydrogen-bond acceptors (Lipinski definition) is 2. The Kier molecular flexibility index (Phi) is 4.65. The topological polar surface area (TPSA) is 43.7 Å². The Morgan fingerprint density at radius 3 is 2.71 bits per heavy atom. The van der Waals surface area contributed by atoms with Crippen LogP contribution in [0.1, 0.15) is 6.42 Å². The Morgan fingerprint density at radius 1 is 1.19 bits per heavy atom. The van der Waals surface area contributed by atoms with E-state index in [2.05, 4.69) is 19.1 Å². The summed E-state index contributed by atoms with van der Waals surface area (Å²) >= 11 is 0. The number of aromatic nitrogens is 3. The van der Waals surface area contributed by atoms with Crippen molar-refractivity contribution in [2.75, 3.05) is 20.6 Å². The number of pyridine rings is 1. The molecule has 0 aliphatic heterocycles. The van der Waals surface area contributed by atoms with Crippen LogP contribution < -0.4 is 22.9 Å². The summed E-state index contributed by atoms with van der Waals surface area (Å²) in [6.07, 6.45) is 4.63. The van der Waals surface area contributed by atoms with Gasteiger partial charge in [0.2, 0.25) is 0 Å². The summed E-state index contributed by atoms with van der Waals surface area (Å²) in [6, 6.07) is 7.58. The Labute approximate surface area is 129 Å². The van der Waals surface area contributed by atoms with Crippen molar-refractivity contribution in [2.45, 2.75) is 13.0 Å². The lowest BCUT2D eigenvalue weighted by Crippen LogP contribution is -3.05. The maximum absolute atomic E-state index is 12.6. The predicted octanol–water partition coefficient (Wildman–Crippen LogP) is -2.81. The number of hydrogen-bond donors (Lipinski definition) is 1. The van der Waals surface area contributed by atoms with E-state index in [1.165, 1.54) is 4.90 Å². The first kappa shape index (κ1) is 15.5. The van der Waals surface area contributed by atoms with Gasteiger partial charge in [-0.3, -0.25) is 9.20 Å². The molecule has 3 aromatic heterocycles. The minimum atomic E-state index is 0. The second-order valence-electron chi connectivity index (χ2n) is 5.38. The molecule has 0 bridgehead atoms. The second kappa shape index (κ2) is 6.28. The van der Waals surface area contributed by atoms with Gasteiger partial charge in [0, 0.05) is 25.4 Å². The smallest absolute Gasteiger partial charge is 0.275 e. The van der Waals surface area contributed by atoms with Gasteiger partial charge in [-0.1, -0.05) is 0 Å². The first-order chi connectivity index (χ1) is 9.68. The van der Waals surface area contributed by atoms with Crippen molar-refractivity contribution < 1.29 is 17.3 Å². The van der Waals surface area contributed by atoms with Gasteiger partial charge in [-0.2, -0.15) is 0 Å². The summed E-state index contributed by atoms with van der Waals surface area (Å²) < 4.78 is 3.71. The number of aryl methyl sites for hydroxylation is 1. The largest absolute Gasteiger partial charge is 1.00 e. The molecule has 3 aromatic rings. The molecule has 0 saturated carbocycles. The molecule has 0 aliphatic carbocycles. The summed E-state index contributed by atoms with van der Waals surface area (Å²) in [5, 5.41) is 0. The molecule has 0 atom stereocenters. The van der Waals surface area contributed by atoms with Crippen LogP contribution in [0.25, 0.3) is 16.7 Å². The van der Waals surface area contributed by atoms with E-state index < -0.39 is 0 Å². The number of rotatable bonds is 4. The Hall–Kier alpha value is -1.85. The van der Waals surface area contributed by atoms with E-state index in [0.717, 1.165) is 30.7 Å². The van der Waals surface area contributed by atoms with Crippen LogP contribution in [0.3, 0.4) is 0 Å². The van der Waals surface area contributed by atoms with Crippen molar-refractivity contribution in [3.05, 3.63) is 47.0 Å². The highest BCUT2D eigenvalue weighted by Gasteiger charge is 2.10. The van der Waals surface area contributed by atoms with Crippen molar-refractivity contribution in [2.24, 2.45) is 0 Å². The first-order valence-electron chi connectivity index (χ1n) is 6.92. The molecule has 0 unspecified atom stereocenters. The van der Waals surface area contributed by atoms with Gasteiger partial charge in [0.1, 0.15) is 5.52 Å². The molecule has 3 rings (SSSR count). The Morgan fingerprint density at radius 2 is 1.95 bits per heavy atom. The van der Waals surface area contributed by atoms with Crippen LogP contribution in [0, 0.1) is 0 Å². The molecule has 5 nitrogen and oxygen atoms in total. The minimum absolute atomic E-state index is 0. The van der Waals surface area contributed by atoms with Crippen molar-refractivity contribution in [3.8, 4) is 0 Å². The second-order valence-corrected chi connectivity index (χ2v) is 5.38. The van der Waals surface area contributed by atoms with E-state index in [-0.39, 0.29) is 18.0 Å². The molecule has 0 amide bonds. The zero-order chi connectivity index (χ0) is 14.1. The molecule has 3 heterocycles. The molecule has 1 N–H and O–H groups in total. The SMILES string of the molecule is C[NH+](C)CCCn1c(=O)c2cccn2c2ncccc21.[Cl-]. The van der Waals surface area contributed by atoms with Gasteiger partial charge in [-0.05, 0) is 24.3 Å². The fraction of sp³-hybridized carbons (Fsp3) is 0.333. The number of quaternary nitrogens is 1. The molecule has 21 heavy (non-hydrogen) atoms. The molecule has 6 heteroatoms. The molecule has 0 fully saturated rings. The van der Waals surface area contributed by atoms with Crippen LogP contribution in [0.4, 0.5) is 0 Å². The third-order valence-corrected chi connectivity index (χ3v) is 3.56. The van der Waals surface area contributed by atoms with Crippen LogP contribution in [-0.2, 0) is 6.54 Å². The van der Waals surface area contributed by atoms with E-state index in [9.17, 15) is 4.79 Å². The number of halogens is 1. The van der Waals surface area contributed by atoms with E-state index >= 15 is 0 Å². The molecule has 0 spiro atoms. The predicted molar refractivity (Wildman–Crippen MR) is 79.3 cm³/mol. The van der Waals surface area contributed by atoms with Crippen molar-refractivity contribution >= 4 is 16.7 Å². The lowest BCUT2D eigenvalue weighted by molar-refractivity contribution is -0.858. The van der Waals surface area contributed by atoms with Crippen LogP contribution in [0.15, 0.2) is 41.5 Å². The van der Waals surface area contributed by atoms with Crippen LogP contribution >= 0.6 is 0 Å². The molecular formula is C15H19ClN4O. The zero-order valence-electron chi connectivity index (χ0n) is 12.2. The minimum Gasteiger partial charge on any atom is -1.00 e. The first-order valence-corrected chi connectivity index (χ1v) is 6.92. The van der Waals surface area contributed by atoms with Gasteiger partial charge in [0.25, 0.3) is 5.56 Å². The van der Waals surface area contributed by atoms with E-state index in [4.69, 9.17) is 0 Å². The average Bonchev–Trinajstić information content (AvgIpc) is 2.92. The maximum Gasteiger partial charge on any atom is 0.275 e. The highest BCUT2D eigenvalue weighted by atomic mass is 35.5. The molecular weight excluding hydrogens is 288 g/mol. The third-order valence-electron chi connectivity index (χ3n) is 3.56. The summed E-state index contributed by atoms with van der Waals surface area (Å²) in [7, 11) is 4.25. The van der Waals surface area contributed by atoms with Gasteiger partial charge in [-0.25, -0.2) is 4.98 Å². The number of fused-ring (bicyclic) bond motifs is 3. The third kappa shape index (κ3) is 2.80. The summed E-state index contributed by atoms with van der Waals surface area (Å²) in [5.41, 5.74) is 2.48. The highest BCUT2D eigenvalue weighted by Crippen LogP contribution is 2.12. The Balaban J connectivity index is 0.00000161. The molecule has 0 saturated heterocycles. The normalized spacial score (nSPS) is 11.2. The van der Waals surface area contributed by atoms with Crippen LogP contribution in [0.2, 0.25) is 0 Å². The zero-order valence-corrected chi connectivity index (χ0v) is 13.0. The van der Waals surface area contributed by atoms with Gasteiger partial charge >= 0.3 is 0 Å². The summed E-state index contributed by atoms with van der Waals surface area (Å²) in [6.45, 7) is 1.77. The van der Waals surface area contributed by atoms with Gasteiger partial charge < -0.3 is 21.9 Å². The van der Waals surface area contributed by atoms with Crippen molar-refractivity contribution in [3.63, 3.8) is 0 Å². The van der Waals surface area contributed by atoms with E-state index in [1.54, 1.807) is 6.20 Å². The lowest BCUT2D eigenvalue weighted by Gasteiger charge is -2.12. The monoisotopic (exact) mass is 306 g/mol. The summed E-state index contributed by atoms with van der Waals surface area (Å²) in [5.74, 6) is 0. The number of nitrogens with zero attached hydrogens (tertiary/aromatic N) is 3. The van der Waals surface area contributed by atoms with Crippen molar-refractivity contribution in [1.82, 2.24) is 14.0 Å². The van der Waals surface area contributed by atoms with Gasteiger partial charge in [0.15, 0.2) is 5.65 Å². The highest BCUT2D eigenvalue weighted by molar-refractivity contribution is 5.74. The average molecular weight is 307 g/mol. The van der Waals surface area contributed by atoms with E-state index in [0.29, 0.717) is 5.52 Å². The molecule has 0 radical (unpaired) electrons. The fourth-order valence-corrected chi connectivity index (χ4v) is 2.59. The fourth-order valence-electron chi connectivity index (χ4n) is 2.59. The molecule has 0 aromatic carbocycles.